The molecule has 0 aromatic heterocycles. The SMILES string of the molecule is Cc1ccccc1CNS(=O)(=O)c1ccc(C(=O)NCC(F)(F)F)cc1. The van der Waals surface area contributed by atoms with Crippen LogP contribution in [-0.4, -0.2) is 27.0 Å². The Morgan fingerprint density at radius 1 is 1.04 bits per heavy atom. The quantitative estimate of drug-likeness (QED) is 0.802. The Labute approximate surface area is 149 Å². The van der Waals surface area contributed by atoms with Gasteiger partial charge in [-0.2, -0.15) is 13.2 Å². The number of halogens is 3. The molecule has 5 nitrogen and oxygen atoms in total. The van der Waals surface area contributed by atoms with Crippen molar-refractivity contribution in [2.45, 2.75) is 24.5 Å². The summed E-state index contributed by atoms with van der Waals surface area (Å²) in [7, 11) is -3.81. The van der Waals surface area contributed by atoms with Crippen LogP contribution in [0, 0.1) is 6.92 Å². The van der Waals surface area contributed by atoms with Gasteiger partial charge in [-0.05, 0) is 42.3 Å². The summed E-state index contributed by atoms with van der Waals surface area (Å²) in [4.78, 5) is 11.5. The van der Waals surface area contributed by atoms with Crippen LogP contribution in [0.1, 0.15) is 21.5 Å². The van der Waals surface area contributed by atoms with Crippen LogP contribution in [-0.2, 0) is 16.6 Å². The lowest BCUT2D eigenvalue weighted by atomic mass is 10.1. The summed E-state index contributed by atoms with van der Waals surface area (Å²) in [5.74, 6) is -0.931. The molecular weight excluding hydrogens is 369 g/mol. The van der Waals surface area contributed by atoms with Gasteiger partial charge >= 0.3 is 6.18 Å². The van der Waals surface area contributed by atoms with Crippen LogP contribution in [0.15, 0.2) is 53.4 Å². The number of benzene rings is 2. The Hall–Kier alpha value is -2.39. The Kier molecular flexibility index (Phi) is 6.04. The van der Waals surface area contributed by atoms with Gasteiger partial charge in [0.1, 0.15) is 6.54 Å². The van der Waals surface area contributed by atoms with Crippen LogP contribution in [0.25, 0.3) is 0 Å². The second-order valence-corrected chi connectivity index (χ2v) is 7.34. The first kappa shape index (κ1) is 19.9. The highest BCUT2D eigenvalue weighted by Crippen LogP contribution is 2.15. The predicted octanol–water partition coefficient (Wildman–Crippen LogP) is 2.77. The fourth-order valence-electron chi connectivity index (χ4n) is 2.13. The molecule has 0 aliphatic rings. The maximum absolute atomic E-state index is 12.3. The van der Waals surface area contributed by atoms with E-state index in [0.717, 1.165) is 23.3 Å². The number of hydrogen-bond donors (Lipinski definition) is 2. The monoisotopic (exact) mass is 386 g/mol. The molecule has 0 atom stereocenters. The van der Waals surface area contributed by atoms with Gasteiger partial charge in [-0.25, -0.2) is 13.1 Å². The predicted molar refractivity (Wildman–Crippen MR) is 90.0 cm³/mol. The molecule has 0 radical (unpaired) electrons. The van der Waals surface area contributed by atoms with E-state index in [-0.39, 0.29) is 17.0 Å². The molecule has 0 bridgehead atoms. The Morgan fingerprint density at radius 3 is 2.23 bits per heavy atom. The van der Waals surface area contributed by atoms with Gasteiger partial charge in [-0.1, -0.05) is 24.3 Å². The van der Waals surface area contributed by atoms with Gasteiger partial charge in [0.25, 0.3) is 5.91 Å². The number of sulfonamides is 1. The van der Waals surface area contributed by atoms with Crippen LogP contribution in [0.3, 0.4) is 0 Å². The molecule has 9 heteroatoms. The molecule has 0 aliphatic heterocycles. The van der Waals surface area contributed by atoms with Gasteiger partial charge in [0.05, 0.1) is 4.90 Å². The highest BCUT2D eigenvalue weighted by Gasteiger charge is 2.28. The zero-order valence-corrected chi connectivity index (χ0v) is 14.6. The summed E-state index contributed by atoms with van der Waals surface area (Å²) < 4.78 is 63.3. The smallest absolute Gasteiger partial charge is 0.343 e. The normalized spacial score (nSPS) is 12.0. The standard InChI is InChI=1S/C17H17F3N2O3S/c1-12-4-2-3-5-14(12)10-22-26(24,25)15-8-6-13(7-9-15)16(23)21-11-17(18,19)20/h2-9,22H,10-11H2,1H3,(H,21,23). The first-order valence-electron chi connectivity index (χ1n) is 7.58. The number of nitrogens with one attached hydrogen (secondary N) is 2. The van der Waals surface area contributed by atoms with Crippen molar-refractivity contribution in [3.63, 3.8) is 0 Å². The highest BCUT2D eigenvalue weighted by atomic mass is 32.2. The van der Waals surface area contributed by atoms with Gasteiger partial charge in [0, 0.05) is 12.1 Å². The van der Waals surface area contributed by atoms with Crippen LogP contribution in [0.2, 0.25) is 0 Å². The average molecular weight is 386 g/mol. The van der Waals surface area contributed by atoms with Crippen molar-refractivity contribution in [2.24, 2.45) is 0 Å². The molecule has 0 unspecified atom stereocenters. The lowest BCUT2D eigenvalue weighted by Gasteiger charge is -2.10. The van der Waals surface area contributed by atoms with E-state index in [1.807, 2.05) is 19.1 Å². The van der Waals surface area contributed by atoms with E-state index in [9.17, 15) is 26.4 Å². The molecule has 1 amide bonds. The van der Waals surface area contributed by atoms with E-state index in [1.165, 1.54) is 12.1 Å². The number of rotatable bonds is 6. The number of carbonyl (C=O) groups is 1. The molecule has 0 aliphatic carbocycles. The summed E-state index contributed by atoms with van der Waals surface area (Å²) in [6.07, 6.45) is -4.52. The van der Waals surface area contributed by atoms with E-state index < -0.39 is 28.7 Å². The minimum atomic E-state index is -4.52. The molecular formula is C17H17F3N2O3S. The number of hydrogen-bond acceptors (Lipinski definition) is 3. The van der Waals surface area contributed by atoms with Gasteiger partial charge in [-0.3, -0.25) is 4.79 Å². The van der Waals surface area contributed by atoms with E-state index >= 15 is 0 Å². The number of aryl methyl sites for hydroxylation is 1. The second kappa shape index (κ2) is 7.88. The van der Waals surface area contributed by atoms with Crippen molar-refractivity contribution < 1.29 is 26.4 Å². The van der Waals surface area contributed by atoms with Crippen molar-refractivity contribution in [1.29, 1.82) is 0 Å². The summed E-state index contributed by atoms with van der Waals surface area (Å²) in [6, 6.07) is 12.0. The minimum Gasteiger partial charge on any atom is -0.343 e. The molecule has 0 fully saturated rings. The fourth-order valence-corrected chi connectivity index (χ4v) is 3.14. The molecule has 0 saturated carbocycles. The molecule has 0 spiro atoms. The van der Waals surface area contributed by atoms with Crippen LogP contribution < -0.4 is 10.0 Å². The molecule has 140 valence electrons. The van der Waals surface area contributed by atoms with Crippen LogP contribution in [0.5, 0.6) is 0 Å². The van der Waals surface area contributed by atoms with E-state index in [1.54, 1.807) is 17.4 Å². The zero-order valence-electron chi connectivity index (χ0n) is 13.8. The Balaban J connectivity index is 2.04. The molecule has 0 saturated heterocycles. The average Bonchev–Trinajstić information content (AvgIpc) is 2.58. The highest BCUT2D eigenvalue weighted by molar-refractivity contribution is 7.89. The molecule has 2 N–H and O–H groups in total. The molecule has 2 rings (SSSR count). The third-order valence-corrected chi connectivity index (χ3v) is 5.01. The lowest BCUT2D eigenvalue weighted by molar-refractivity contribution is -0.123. The fraction of sp³-hybridized carbons (Fsp3) is 0.235. The molecule has 26 heavy (non-hydrogen) atoms. The van der Waals surface area contributed by atoms with Crippen LogP contribution in [0.4, 0.5) is 13.2 Å². The lowest BCUT2D eigenvalue weighted by Crippen LogP contribution is -2.33. The molecule has 2 aromatic carbocycles. The molecule has 0 heterocycles. The maximum Gasteiger partial charge on any atom is 0.405 e. The topological polar surface area (TPSA) is 75.3 Å². The van der Waals surface area contributed by atoms with Crippen molar-refractivity contribution in [1.82, 2.24) is 10.0 Å². The summed E-state index contributed by atoms with van der Waals surface area (Å²) in [5, 5.41) is 1.72. The van der Waals surface area contributed by atoms with E-state index in [2.05, 4.69) is 4.72 Å². The zero-order chi connectivity index (χ0) is 19.4. The van der Waals surface area contributed by atoms with Crippen LogP contribution >= 0.6 is 0 Å². The van der Waals surface area contributed by atoms with Crippen molar-refractivity contribution >= 4 is 15.9 Å². The second-order valence-electron chi connectivity index (χ2n) is 5.57. The third-order valence-electron chi connectivity index (χ3n) is 3.59. The van der Waals surface area contributed by atoms with Crippen molar-refractivity contribution in [2.75, 3.05) is 6.54 Å². The first-order chi connectivity index (χ1) is 12.1. The van der Waals surface area contributed by atoms with Gasteiger partial charge in [0.2, 0.25) is 10.0 Å². The number of amides is 1. The maximum atomic E-state index is 12.3. The minimum absolute atomic E-state index is 0.0629. The van der Waals surface area contributed by atoms with Crippen molar-refractivity contribution in [3.05, 3.63) is 65.2 Å². The Bertz CT molecular complexity index is 879. The van der Waals surface area contributed by atoms with Gasteiger partial charge in [-0.15, -0.1) is 0 Å². The van der Waals surface area contributed by atoms with Gasteiger partial charge < -0.3 is 5.32 Å². The number of carbonyl (C=O) groups excluding carboxylic acids is 1. The number of alkyl halides is 3. The van der Waals surface area contributed by atoms with E-state index in [0.29, 0.717) is 0 Å². The summed E-state index contributed by atoms with van der Waals surface area (Å²) in [6.45, 7) is 0.505. The Morgan fingerprint density at radius 2 is 1.65 bits per heavy atom. The van der Waals surface area contributed by atoms with Crippen molar-refractivity contribution in [3.8, 4) is 0 Å². The summed E-state index contributed by atoms with van der Waals surface area (Å²) >= 11 is 0. The largest absolute Gasteiger partial charge is 0.405 e. The third kappa shape index (κ3) is 5.57. The molecule has 2 aromatic rings. The first-order valence-corrected chi connectivity index (χ1v) is 9.06. The van der Waals surface area contributed by atoms with Gasteiger partial charge in [0.15, 0.2) is 0 Å². The summed E-state index contributed by atoms with van der Waals surface area (Å²) in [5.41, 5.74) is 1.69. The van der Waals surface area contributed by atoms with E-state index in [4.69, 9.17) is 0 Å².